The van der Waals surface area contributed by atoms with Gasteiger partial charge in [-0.05, 0) is 45.2 Å². The van der Waals surface area contributed by atoms with Gasteiger partial charge in [-0.25, -0.2) is 0 Å². The third-order valence-electron chi connectivity index (χ3n) is 4.49. The Morgan fingerprint density at radius 1 is 1.26 bits per heavy atom. The minimum atomic E-state index is 0.310. The lowest BCUT2D eigenvalue weighted by Gasteiger charge is -2.33. The van der Waals surface area contributed by atoms with E-state index in [2.05, 4.69) is 24.2 Å². The molecule has 0 aromatic carbocycles. The molecule has 1 atom stereocenters. The summed E-state index contributed by atoms with van der Waals surface area (Å²) in [4.78, 5) is 16.5. The predicted molar refractivity (Wildman–Crippen MR) is 78.1 cm³/mol. The van der Waals surface area contributed by atoms with E-state index in [0.717, 1.165) is 32.1 Å². The molecule has 2 aliphatic rings. The summed E-state index contributed by atoms with van der Waals surface area (Å²) < 4.78 is 0. The van der Waals surface area contributed by atoms with E-state index in [1.165, 1.54) is 32.1 Å². The van der Waals surface area contributed by atoms with E-state index in [0.29, 0.717) is 18.5 Å². The molecule has 0 saturated carbocycles. The van der Waals surface area contributed by atoms with Crippen LogP contribution >= 0.6 is 0 Å². The molecule has 2 saturated heterocycles. The van der Waals surface area contributed by atoms with Gasteiger partial charge in [-0.3, -0.25) is 9.69 Å². The van der Waals surface area contributed by atoms with E-state index in [9.17, 15) is 4.79 Å². The van der Waals surface area contributed by atoms with Crippen molar-refractivity contribution in [1.82, 2.24) is 15.1 Å². The molecule has 0 aromatic rings. The molecule has 1 amide bonds. The second-order valence-corrected chi connectivity index (χ2v) is 6.41. The molecular formula is C15H29N3O. The van der Waals surface area contributed by atoms with Crippen molar-refractivity contribution in [2.75, 3.05) is 39.8 Å². The van der Waals surface area contributed by atoms with E-state index in [4.69, 9.17) is 0 Å². The fourth-order valence-electron chi connectivity index (χ4n) is 3.11. The first kappa shape index (κ1) is 14.8. The third kappa shape index (κ3) is 4.77. The highest BCUT2D eigenvalue weighted by Gasteiger charge is 2.22. The number of piperidine rings is 2. The Kier molecular flexibility index (Phi) is 5.64. The van der Waals surface area contributed by atoms with Crippen LogP contribution in [0, 0.1) is 5.92 Å². The van der Waals surface area contributed by atoms with Crippen molar-refractivity contribution in [3.05, 3.63) is 0 Å². The maximum absolute atomic E-state index is 12.2. The highest BCUT2D eigenvalue weighted by Crippen LogP contribution is 2.16. The fourth-order valence-corrected chi connectivity index (χ4v) is 3.11. The molecule has 2 rings (SSSR count). The van der Waals surface area contributed by atoms with Gasteiger partial charge >= 0.3 is 0 Å². The zero-order valence-electron chi connectivity index (χ0n) is 12.5. The smallest absolute Gasteiger partial charge is 0.236 e. The van der Waals surface area contributed by atoms with Gasteiger partial charge in [0.1, 0.15) is 0 Å². The van der Waals surface area contributed by atoms with Crippen LogP contribution < -0.4 is 5.32 Å². The molecule has 4 heteroatoms. The molecule has 0 bridgehead atoms. The quantitative estimate of drug-likeness (QED) is 0.834. The molecular weight excluding hydrogens is 238 g/mol. The summed E-state index contributed by atoms with van der Waals surface area (Å²) in [6.45, 7) is 6.90. The number of carbonyl (C=O) groups excluding carboxylic acids is 1. The van der Waals surface area contributed by atoms with Crippen LogP contribution in [0.4, 0.5) is 0 Å². The molecule has 4 nitrogen and oxygen atoms in total. The van der Waals surface area contributed by atoms with Gasteiger partial charge in [0, 0.05) is 25.7 Å². The topological polar surface area (TPSA) is 35.6 Å². The first-order valence-electron chi connectivity index (χ1n) is 7.85. The fraction of sp³-hybridized carbons (Fsp3) is 0.933. The lowest BCUT2D eigenvalue weighted by Crippen LogP contribution is -2.47. The maximum Gasteiger partial charge on any atom is 0.236 e. The van der Waals surface area contributed by atoms with E-state index in [1.807, 2.05) is 4.90 Å². The minimum Gasteiger partial charge on any atom is -0.342 e. The van der Waals surface area contributed by atoms with Crippen molar-refractivity contribution in [3.63, 3.8) is 0 Å². The number of hydrogen-bond donors (Lipinski definition) is 1. The average molecular weight is 267 g/mol. The predicted octanol–water partition coefficient (Wildman–Crippen LogP) is 1.32. The van der Waals surface area contributed by atoms with Gasteiger partial charge in [-0.2, -0.15) is 0 Å². The number of hydrogen-bond acceptors (Lipinski definition) is 3. The van der Waals surface area contributed by atoms with Crippen molar-refractivity contribution in [2.24, 2.45) is 5.92 Å². The molecule has 2 fully saturated rings. The molecule has 2 heterocycles. The zero-order valence-corrected chi connectivity index (χ0v) is 12.5. The number of nitrogens with zero attached hydrogens (tertiary/aromatic N) is 2. The van der Waals surface area contributed by atoms with E-state index in [-0.39, 0.29) is 0 Å². The van der Waals surface area contributed by atoms with Gasteiger partial charge in [-0.15, -0.1) is 0 Å². The summed E-state index contributed by atoms with van der Waals surface area (Å²) in [5, 5.41) is 3.54. The van der Waals surface area contributed by atoms with Crippen LogP contribution in [0.15, 0.2) is 0 Å². The van der Waals surface area contributed by atoms with E-state index in [1.54, 1.807) is 0 Å². The largest absolute Gasteiger partial charge is 0.342 e. The Morgan fingerprint density at radius 3 is 2.63 bits per heavy atom. The van der Waals surface area contributed by atoms with Crippen LogP contribution in [0.3, 0.4) is 0 Å². The van der Waals surface area contributed by atoms with Crippen LogP contribution in [-0.2, 0) is 4.79 Å². The first-order chi connectivity index (χ1) is 9.15. The lowest BCUT2D eigenvalue weighted by atomic mass is 9.99. The van der Waals surface area contributed by atoms with Crippen molar-refractivity contribution in [3.8, 4) is 0 Å². The minimum absolute atomic E-state index is 0.310. The maximum atomic E-state index is 12.2. The number of carbonyl (C=O) groups is 1. The number of amides is 1. The second kappa shape index (κ2) is 7.25. The monoisotopic (exact) mass is 267 g/mol. The summed E-state index contributed by atoms with van der Waals surface area (Å²) in [6.07, 6.45) is 6.20. The lowest BCUT2D eigenvalue weighted by molar-refractivity contribution is -0.133. The summed E-state index contributed by atoms with van der Waals surface area (Å²) in [5.41, 5.74) is 0. The normalized spacial score (nSPS) is 25.8. The van der Waals surface area contributed by atoms with Crippen LogP contribution in [0.5, 0.6) is 0 Å². The van der Waals surface area contributed by atoms with Gasteiger partial charge < -0.3 is 10.2 Å². The SMILES string of the molecule is CC1CCN(C(=O)CN(C)CC2CCCCN2)CC1. The molecule has 0 aromatic heterocycles. The summed E-state index contributed by atoms with van der Waals surface area (Å²) in [5.74, 6) is 1.10. The third-order valence-corrected chi connectivity index (χ3v) is 4.49. The van der Waals surface area contributed by atoms with Crippen LogP contribution in [0.25, 0.3) is 0 Å². The molecule has 1 unspecified atom stereocenters. The van der Waals surface area contributed by atoms with Crippen molar-refractivity contribution >= 4 is 5.91 Å². The molecule has 110 valence electrons. The molecule has 19 heavy (non-hydrogen) atoms. The van der Waals surface area contributed by atoms with Gasteiger partial charge in [0.05, 0.1) is 6.54 Å². The van der Waals surface area contributed by atoms with Gasteiger partial charge in [-0.1, -0.05) is 13.3 Å². The molecule has 2 aliphatic heterocycles. The number of nitrogens with one attached hydrogen (secondary N) is 1. The van der Waals surface area contributed by atoms with Crippen LogP contribution in [-0.4, -0.2) is 61.5 Å². The molecule has 1 N–H and O–H groups in total. The van der Waals surface area contributed by atoms with Crippen molar-refractivity contribution in [1.29, 1.82) is 0 Å². The number of rotatable bonds is 4. The van der Waals surface area contributed by atoms with Gasteiger partial charge in [0.25, 0.3) is 0 Å². The van der Waals surface area contributed by atoms with Crippen molar-refractivity contribution < 1.29 is 4.79 Å². The van der Waals surface area contributed by atoms with Crippen molar-refractivity contribution in [2.45, 2.75) is 45.1 Å². The number of likely N-dealkylation sites (tertiary alicyclic amines) is 1. The second-order valence-electron chi connectivity index (χ2n) is 6.41. The zero-order chi connectivity index (χ0) is 13.7. The van der Waals surface area contributed by atoms with E-state index >= 15 is 0 Å². The Balaban J connectivity index is 1.69. The summed E-state index contributed by atoms with van der Waals surface area (Å²) in [7, 11) is 2.07. The van der Waals surface area contributed by atoms with Crippen LogP contribution in [0.2, 0.25) is 0 Å². The Bertz CT molecular complexity index is 281. The standard InChI is InChI=1S/C15H29N3O/c1-13-6-9-18(10-7-13)15(19)12-17(2)11-14-5-3-4-8-16-14/h13-14,16H,3-12H2,1-2H3. The first-order valence-corrected chi connectivity index (χ1v) is 7.85. The van der Waals surface area contributed by atoms with Crippen LogP contribution in [0.1, 0.15) is 39.0 Å². The summed E-state index contributed by atoms with van der Waals surface area (Å²) >= 11 is 0. The molecule has 0 spiro atoms. The average Bonchev–Trinajstić information content (AvgIpc) is 2.40. The highest BCUT2D eigenvalue weighted by atomic mass is 16.2. The van der Waals surface area contributed by atoms with Gasteiger partial charge in [0.15, 0.2) is 0 Å². The molecule has 0 radical (unpaired) electrons. The number of likely N-dealkylation sites (N-methyl/N-ethyl adjacent to an activating group) is 1. The molecule has 0 aliphatic carbocycles. The highest BCUT2D eigenvalue weighted by molar-refractivity contribution is 5.78. The Morgan fingerprint density at radius 2 is 2.00 bits per heavy atom. The Hall–Kier alpha value is -0.610. The summed E-state index contributed by atoms with van der Waals surface area (Å²) in [6, 6.07) is 0.577. The van der Waals surface area contributed by atoms with E-state index < -0.39 is 0 Å². The van der Waals surface area contributed by atoms with Gasteiger partial charge in [0.2, 0.25) is 5.91 Å². The Labute approximate surface area is 117 Å².